The van der Waals surface area contributed by atoms with Crippen LogP contribution in [-0.2, 0) is 0 Å². The van der Waals surface area contributed by atoms with Gasteiger partial charge in [-0.3, -0.25) is 0 Å². The molecule has 0 radical (unpaired) electrons. The minimum atomic E-state index is -0.386. The molecule has 1 atom stereocenters. The molecule has 2 rings (SSSR count). The Bertz CT molecular complexity index is 463. The Labute approximate surface area is 105 Å². The Morgan fingerprint density at radius 2 is 2.22 bits per heavy atom. The van der Waals surface area contributed by atoms with Gasteiger partial charge < -0.3 is 15.4 Å². The lowest BCUT2D eigenvalue weighted by Gasteiger charge is -2.30. The van der Waals surface area contributed by atoms with Gasteiger partial charge in [-0.2, -0.15) is 5.43 Å². The number of benzene rings is 1. The summed E-state index contributed by atoms with van der Waals surface area (Å²) >= 11 is 0. The molecule has 0 saturated heterocycles. The first-order valence-electron chi connectivity index (χ1n) is 5.63. The van der Waals surface area contributed by atoms with E-state index in [2.05, 4.69) is 15.7 Å². The fraction of sp³-hybridized carbons (Fsp3) is 0.364. The van der Waals surface area contributed by atoms with Gasteiger partial charge in [0.15, 0.2) is 5.69 Å². The summed E-state index contributed by atoms with van der Waals surface area (Å²) in [6.07, 6.45) is 0. The summed E-state index contributed by atoms with van der Waals surface area (Å²) in [5.41, 5.74) is 3.49. The van der Waals surface area contributed by atoms with E-state index in [9.17, 15) is 9.60 Å². The van der Waals surface area contributed by atoms with Crippen molar-refractivity contribution in [3.8, 4) is 0 Å². The Morgan fingerprint density at radius 3 is 2.94 bits per heavy atom. The average molecular weight is 253 g/mol. The number of anilines is 1. The van der Waals surface area contributed by atoms with Crippen LogP contribution in [0, 0.1) is 11.0 Å². The lowest BCUT2D eigenvalue weighted by atomic mass is 10.2. The summed E-state index contributed by atoms with van der Waals surface area (Å²) in [6, 6.07) is 3.99. The normalized spacial score (nSPS) is 20.5. The summed E-state index contributed by atoms with van der Waals surface area (Å²) in [4.78, 5) is 6.20. The van der Waals surface area contributed by atoms with Gasteiger partial charge in [0.25, 0.3) is 0 Å². The largest absolute Gasteiger partial charge is 0.603 e. The van der Waals surface area contributed by atoms with Gasteiger partial charge in [0, 0.05) is 18.7 Å². The molecular weight excluding hydrogens is 237 g/mol. The predicted octanol–water partition coefficient (Wildman–Crippen LogP) is -0.312. The first-order valence-corrected chi connectivity index (χ1v) is 5.63. The van der Waals surface area contributed by atoms with E-state index < -0.39 is 0 Å². The molecule has 6 nitrogen and oxygen atoms in total. The van der Waals surface area contributed by atoms with Gasteiger partial charge >= 0.3 is 0 Å². The average Bonchev–Trinajstić information content (AvgIpc) is 2.27. The number of aliphatic imine (C=N–C) groups is 1. The summed E-state index contributed by atoms with van der Waals surface area (Å²) < 4.78 is 13.1. The van der Waals surface area contributed by atoms with Crippen molar-refractivity contribution in [2.45, 2.75) is 0 Å². The van der Waals surface area contributed by atoms with Crippen LogP contribution in [0.25, 0.3) is 0 Å². The summed E-state index contributed by atoms with van der Waals surface area (Å²) in [5.74, 6) is -0.0245. The quantitative estimate of drug-likeness (QED) is 0.646. The molecule has 0 spiro atoms. The van der Waals surface area contributed by atoms with E-state index in [1.54, 1.807) is 0 Å². The fourth-order valence-electron chi connectivity index (χ4n) is 1.59. The van der Waals surface area contributed by atoms with Gasteiger partial charge in [-0.1, -0.05) is 0 Å². The minimum absolute atomic E-state index is 0.271. The number of rotatable bonds is 3. The third-order valence-corrected chi connectivity index (χ3v) is 2.53. The van der Waals surface area contributed by atoms with Crippen LogP contribution in [-0.4, -0.2) is 38.0 Å². The van der Waals surface area contributed by atoms with Crippen molar-refractivity contribution in [3.05, 3.63) is 29.2 Å². The third kappa shape index (κ3) is 2.95. The minimum Gasteiger partial charge on any atom is -0.603 e. The second-order valence-electron chi connectivity index (χ2n) is 4.30. The van der Waals surface area contributed by atoms with Gasteiger partial charge in [-0.05, 0) is 20.2 Å². The number of guanidine groups is 1. The van der Waals surface area contributed by atoms with E-state index in [4.69, 9.17) is 0 Å². The van der Waals surface area contributed by atoms with Gasteiger partial charge in [-0.25, -0.2) is 14.6 Å². The zero-order valence-corrected chi connectivity index (χ0v) is 10.3. The molecule has 1 unspecified atom stereocenters. The second kappa shape index (κ2) is 5.30. The van der Waals surface area contributed by atoms with Gasteiger partial charge in [0.2, 0.25) is 5.96 Å². The Kier molecular flexibility index (Phi) is 3.75. The number of nitrogens with one attached hydrogen (secondary N) is 3. The molecule has 0 aromatic heterocycles. The molecule has 1 aliphatic heterocycles. The highest BCUT2D eigenvalue weighted by molar-refractivity contribution is 5.96. The maximum atomic E-state index is 13.1. The Morgan fingerprint density at radius 1 is 1.44 bits per heavy atom. The van der Waals surface area contributed by atoms with Crippen LogP contribution in [0.15, 0.2) is 23.2 Å². The Balaban J connectivity index is 2.11. The number of quaternary nitrogens is 1. The molecular formula is C11H16FN5O. The topological polar surface area (TPSA) is 67.2 Å². The molecule has 0 aliphatic carbocycles. The zero-order chi connectivity index (χ0) is 13.1. The molecule has 98 valence electrons. The SMILES string of the molecule is CN(C)CCN=C1Nc2cc(F)ccc2[NH+]([O-])N1. The van der Waals surface area contributed by atoms with E-state index in [0.717, 1.165) is 6.54 Å². The first kappa shape index (κ1) is 12.7. The maximum absolute atomic E-state index is 13.1. The molecule has 3 N–H and O–H groups in total. The van der Waals surface area contributed by atoms with Crippen molar-refractivity contribution >= 4 is 17.3 Å². The van der Waals surface area contributed by atoms with Crippen LogP contribution >= 0.6 is 0 Å². The van der Waals surface area contributed by atoms with E-state index >= 15 is 0 Å². The molecule has 0 bridgehead atoms. The summed E-state index contributed by atoms with van der Waals surface area (Å²) in [7, 11) is 3.88. The molecule has 18 heavy (non-hydrogen) atoms. The Hall–Kier alpha value is -1.70. The van der Waals surface area contributed by atoms with Crippen LogP contribution in [0.3, 0.4) is 0 Å². The van der Waals surface area contributed by atoms with Gasteiger partial charge in [0.1, 0.15) is 11.5 Å². The number of hydrogen-bond donors (Lipinski definition) is 3. The highest BCUT2D eigenvalue weighted by Crippen LogP contribution is 2.20. The molecule has 7 heteroatoms. The number of likely N-dealkylation sites (N-methyl/N-ethyl adjacent to an activating group) is 1. The molecule has 0 fully saturated rings. The second-order valence-corrected chi connectivity index (χ2v) is 4.30. The third-order valence-electron chi connectivity index (χ3n) is 2.53. The molecule has 1 aliphatic rings. The molecule has 0 saturated carbocycles. The van der Waals surface area contributed by atoms with Crippen molar-refractivity contribution in [1.82, 2.24) is 10.3 Å². The van der Waals surface area contributed by atoms with Crippen LogP contribution in [0.2, 0.25) is 0 Å². The van der Waals surface area contributed by atoms with Gasteiger partial charge in [-0.15, -0.1) is 0 Å². The first-order chi connectivity index (χ1) is 8.56. The predicted molar refractivity (Wildman–Crippen MR) is 68.0 cm³/mol. The molecule has 1 heterocycles. The van der Waals surface area contributed by atoms with Crippen LogP contribution < -0.4 is 15.9 Å². The van der Waals surface area contributed by atoms with Gasteiger partial charge in [0.05, 0.1) is 6.54 Å². The molecule has 1 aromatic rings. The van der Waals surface area contributed by atoms with Crippen molar-refractivity contribution in [2.75, 3.05) is 32.5 Å². The number of halogens is 1. The van der Waals surface area contributed by atoms with Crippen molar-refractivity contribution in [2.24, 2.45) is 4.99 Å². The highest BCUT2D eigenvalue weighted by atomic mass is 19.1. The van der Waals surface area contributed by atoms with E-state index in [0.29, 0.717) is 23.9 Å². The standard InChI is InChI=1S/C11H16FN5O/c1-16(2)6-5-13-11-14-9-7-8(12)3-4-10(9)17(18)15-11/h3-4,7,17H,5-6H2,1-2H3,(H2,13,14,15). The van der Waals surface area contributed by atoms with Crippen LogP contribution in [0.1, 0.15) is 0 Å². The van der Waals surface area contributed by atoms with Crippen molar-refractivity contribution in [1.29, 1.82) is 0 Å². The number of fused-ring (bicyclic) bond motifs is 1. The summed E-state index contributed by atoms with van der Waals surface area (Å²) in [5, 5.41) is 14.4. The van der Waals surface area contributed by atoms with E-state index in [1.807, 2.05) is 19.0 Å². The highest BCUT2D eigenvalue weighted by Gasteiger charge is 2.20. The summed E-state index contributed by atoms with van der Waals surface area (Å²) in [6.45, 7) is 1.33. The van der Waals surface area contributed by atoms with Crippen molar-refractivity contribution in [3.63, 3.8) is 0 Å². The number of hydrogen-bond acceptors (Lipinski definition) is 3. The molecule has 1 aromatic carbocycles. The zero-order valence-electron chi connectivity index (χ0n) is 10.3. The van der Waals surface area contributed by atoms with E-state index in [1.165, 1.54) is 18.2 Å². The monoisotopic (exact) mass is 253 g/mol. The lowest BCUT2D eigenvalue weighted by Crippen LogP contribution is -3.11. The van der Waals surface area contributed by atoms with Crippen molar-refractivity contribution < 1.29 is 9.56 Å². The van der Waals surface area contributed by atoms with Crippen LogP contribution in [0.4, 0.5) is 15.8 Å². The number of nitrogens with zero attached hydrogens (tertiary/aromatic N) is 2. The van der Waals surface area contributed by atoms with Crippen LogP contribution in [0.5, 0.6) is 0 Å². The lowest BCUT2D eigenvalue weighted by molar-refractivity contribution is -0.816. The fourth-order valence-corrected chi connectivity index (χ4v) is 1.59. The molecule has 0 amide bonds. The van der Waals surface area contributed by atoms with E-state index in [-0.39, 0.29) is 11.0 Å². The maximum Gasteiger partial charge on any atom is 0.243 e. The smallest absolute Gasteiger partial charge is 0.243 e.